The number of pyridine rings is 1. The third-order valence-corrected chi connectivity index (χ3v) is 4.03. The van der Waals surface area contributed by atoms with E-state index in [0.717, 1.165) is 23.4 Å². The Balaban J connectivity index is 1.73. The summed E-state index contributed by atoms with van der Waals surface area (Å²) in [6.07, 6.45) is -3.48. The van der Waals surface area contributed by atoms with E-state index >= 15 is 0 Å². The summed E-state index contributed by atoms with van der Waals surface area (Å²) in [5.41, 5.74) is 1.17. The van der Waals surface area contributed by atoms with Crippen LogP contribution in [-0.4, -0.2) is 27.6 Å². The van der Waals surface area contributed by atoms with Crippen molar-refractivity contribution in [2.75, 3.05) is 7.11 Å². The smallest absolute Gasteiger partial charge is 0.417 e. The molecule has 142 valence electrons. The van der Waals surface area contributed by atoms with E-state index in [1.165, 1.54) is 17.6 Å². The van der Waals surface area contributed by atoms with Crippen molar-refractivity contribution in [3.63, 3.8) is 0 Å². The number of nitrogens with one attached hydrogen (secondary N) is 1. The van der Waals surface area contributed by atoms with Crippen molar-refractivity contribution in [3.8, 4) is 5.75 Å². The third-order valence-electron chi connectivity index (χ3n) is 4.03. The molecule has 0 spiro atoms. The molecule has 6 nitrogen and oxygen atoms in total. The highest BCUT2D eigenvalue weighted by Crippen LogP contribution is 2.29. The van der Waals surface area contributed by atoms with Gasteiger partial charge in [0.25, 0.3) is 0 Å². The minimum Gasteiger partial charge on any atom is -0.496 e. The number of aryl methyl sites for hydroxylation is 1. The summed E-state index contributed by atoms with van der Waals surface area (Å²) >= 11 is 0. The lowest BCUT2D eigenvalue weighted by atomic mass is 10.1. The molecular formula is C18H17F3N4O2. The predicted molar refractivity (Wildman–Crippen MR) is 91.3 cm³/mol. The number of alkyl halides is 3. The Hall–Kier alpha value is -3.10. The molecule has 1 aromatic carbocycles. The van der Waals surface area contributed by atoms with Gasteiger partial charge in [-0.25, -0.2) is 0 Å². The second kappa shape index (κ2) is 7.26. The molecule has 1 amide bonds. The van der Waals surface area contributed by atoms with Crippen LogP contribution in [0.25, 0.3) is 5.65 Å². The van der Waals surface area contributed by atoms with Crippen molar-refractivity contribution in [1.82, 2.24) is 19.9 Å². The fraction of sp³-hybridized carbons (Fsp3) is 0.278. The van der Waals surface area contributed by atoms with Gasteiger partial charge in [-0.2, -0.15) is 13.2 Å². The van der Waals surface area contributed by atoms with Crippen molar-refractivity contribution < 1.29 is 22.7 Å². The minimum absolute atomic E-state index is 0.0462. The number of carbonyl (C=O) groups is 1. The zero-order valence-electron chi connectivity index (χ0n) is 14.7. The number of fused-ring (bicyclic) bond motifs is 1. The summed E-state index contributed by atoms with van der Waals surface area (Å²) in [6.45, 7) is 1.86. The van der Waals surface area contributed by atoms with Gasteiger partial charge in [-0.05, 0) is 25.1 Å². The first kappa shape index (κ1) is 18.7. The van der Waals surface area contributed by atoms with E-state index in [1.807, 2.05) is 19.1 Å². The Morgan fingerprint density at radius 1 is 1.22 bits per heavy atom. The van der Waals surface area contributed by atoms with Crippen LogP contribution in [0.1, 0.15) is 22.5 Å². The summed E-state index contributed by atoms with van der Waals surface area (Å²) in [5, 5.41) is 10.3. The molecule has 0 unspecified atom stereocenters. The monoisotopic (exact) mass is 378 g/mol. The Morgan fingerprint density at radius 3 is 2.70 bits per heavy atom. The molecule has 2 heterocycles. The van der Waals surface area contributed by atoms with E-state index in [4.69, 9.17) is 4.74 Å². The van der Waals surface area contributed by atoms with Gasteiger partial charge in [0.05, 0.1) is 25.6 Å². The average molecular weight is 378 g/mol. The molecule has 0 aliphatic heterocycles. The van der Waals surface area contributed by atoms with Gasteiger partial charge in [0.1, 0.15) is 5.75 Å². The molecule has 3 rings (SSSR count). The highest BCUT2D eigenvalue weighted by Gasteiger charge is 2.31. The molecule has 0 bridgehead atoms. The first-order valence-electron chi connectivity index (χ1n) is 8.09. The molecule has 0 aliphatic carbocycles. The van der Waals surface area contributed by atoms with Gasteiger partial charge < -0.3 is 10.1 Å². The zero-order chi connectivity index (χ0) is 19.6. The van der Waals surface area contributed by atoms with Gasteiger partial charge in [-0.15, -0.1) is 10.2 Å². The molecule has 0 atom stereocenters. The second-order valence-electron chi connectivity index (χ2n) is 6.03. The van der Waals surface area contributed by atoms with Crippen LogP contribution in [0.3, 0.4) is 0 Å². The van der Waals surface area contributed by atoms with Crippen molar-refractivity contribution >= 4 is 11.6 Å². The summed E-state index contributed by atoms with van der Waals surface area (Å²) in [4.78, 5) is 12.2. The van der Waals surface area contributed by atoms with E-state index < -0.39 is 11.7 Å². The van der Waals surface area contributed by atoms with Gasteiger partial charge in [0.15, 0.2) is 11.5 Å². The quantitative estimate of drug-likeness (QED) is 0.741. The maximum atomic E-state index is 12.9. The van der Waals surface area contributed by atoms with Gasteiger partial charge in [-0.1, -0.05) is 17.7 Å². The normalized spacial score (nSPS) is 11.6. The average Bonchev–Trinajstić information content (AvgIpc) is 3.02. The Morgan fingerprint density at radius 2 is 2.00 bits per heavy atom. The zero-order valence-corrected chi connectivity index (χ0v) is 14.7. The van der Waals surface area contributed by atoms with Crippen LogP contribution >= 0.6 is 0 Å². The Kier molecular flexibility index (Phi) is 5.02. The van der Waals surface area contributed by atoms with Crippen LogP contribution in [0.2, 0.25) is 0 Å². The summed E-state index contributed by atoms with van der Waals surface area (Å²) in [7, 11) is 1.52. The molecule has 0 fully saturated rings. The van der Waals surface area contributed by atoms with Crippen molar-refractivity contribution in [2.24, 2.45) is 0 Å². The van der Waals surface area contributed by atoms with Crippen LogP contribution in [0.4, 0.5) is 13.2 Å². The molecule has 9 heteroatoms. The maximum absolute atomic E-state index is 12.9. The van der Waals surface area contributed by atoms with E-state index in [-0.39, 0.29) is 30.3 Å². The Labute approximate surface area is 153 Å². The van der Waals surface area contributed by atoms with Crippen LogP contribution in [0.15, 0.2) is 36.5 Å². The van der Waals surface area contributed by atoms with E-state index in [0.29, 0.717) is 5.75 Å². The third kappa shape index (κ3) is 4.18. The fourth-order valence-electron chi connectivity index (χ4n) is 2.69. The lowest BCUT2D eigenvalue weighted by Gasteiger charge is -2.10. The fourth-order valence-corrected chi connectivity index (χ4v) is 2.69. The standard InChI is InChI=1S/C18H17F3N4O2/c1-11-3-5-14(27-2)12(7-11)8-17(26)22-9-16-24-23-15-6-4-13(10-25(15)16)18(19,20)21/h3-7,10H,8-9H2,1-2H3,(H,22,26). The molecule has 2 aromatic heterocycles. The molecule has 0 saturated heterocycles. The topological polar surface area (TPSA) is 68.5 Å². The molecular weight excluding hydrogens is 361 g/mol. The van der Waals surface area contributed by atoms with E-state index in [9.17, 15) is 18.0 Å². The van der Waals surface area contributed by atoms with Crippen molar-refractivity contribution in [3.05, 3.63) is 59.0 Å². The Bertz CT molecular complexity index is 982. The second-order valence-corrected chi connectivity index (χ2v) is 6.03. The lowest BCUT2D eigenvalue weighted by Crippen LogP contribution is -2.26. The number of ether oxygens (including phenoxy) is 1. The van der Waals surface area contributed by atoms with Gasteiger partial charge >= 0.3 is 6.18 Å². The molecule has 0 saturated carbocycles. The summed E-state index contributed by atoms with van der Waals surface area (Å²) < 4.78 is 45.1. The van der Waals surface area contributed by atoms with Crippen molar-refractivity contribution in [1.29, 1.82) is 0 Å². The largest absolute Gasteiger partial charge is 0.496 e. The number of aromatic nitrogens is 3. The molecule has 27 heavy (non-hydrogen) atoms. The molecule has 0 radical (unpaired) electrons. The predicted octanol–water partition coefficient (Wildman–Crippen LogP) is 2.92. The minimum atomic E-state index is -4.47. The number of nitrogens with zero attached hydrogens (tertiary/aromatic N) is 3. The van der Waals surface area contributed by atoms with Crippen LogP contribution < -0.4 is 10.1 Å². The van der Waals surface area contributed by atoms with Gasteiger partial charge in [-0.3, -0.25) is 9.20 Å². The van der Waals surface area contributed by atoms with Gasteiger partial charge in [0, 0.05) is 11.8 Å². The first-order chi connectivity index (χ1) is 12.8. The number of methoxy groups -OCH3 is 1. The number of hydrogen-bond donors (Lipinski definition) is 1. The molecule has 1 N–H and O–H groups in total. The van der Waals surface area contributed by atoms with Gasteiger partial charge in [0.2, 0.25) is 5.91 Å². The summed E-state index contributed by atoms with van der Waals surface area (Å²) in [6, 6.07) is 7.68. The van der Waals surface area contributed by atoms with Crippen LogP contribution in [-0.2, 0) is 23.9 Å². The summed E-state index contributed by atoms with van der Waals surface area (Å²) in [5.74, 6) is 0.502. The number of benzene rings is 1. The van der Waals surface area contributed by atoms with E-state index in [1.54, 1.807) is 6.07 Å². The first-order valence-corrected chi connectivity index (χ1v) is 8.09. The highest BCUT2D eigenvalue weighted by molar-refractivity contribution is 5.79. The number of carbonyl (C=O) groups excluding carboxylic acids is 1. The highest BCUT2D eigenvalue weighted by atomic mass is 19.4. The number of halogens is 3. The number of amides is 1. The lowest BCUT2D eigenvalue weighted by molar-refractivity contribution is -0.137. The molecule has 0 aliphatic rings. The van der Waals surface area contributed by atoms with Crippen LogP contribution in [0, 0.1) is 6.92 Å². The number of rotatable bonds is 5. The van der Waals surface area contributed by atoms with Crippen LogP contribution in [0.5, 0.6) is 5.75 Å². The van der Waals surface area contributed by atoms with E-state index in [2.05, 4.69) is 15.5 Å². The SMILES string of the molecule is COc1ccc(C)cc1CC(=O)NCc1nnc2ccc(C(F)(F)F)cn12. The maximum Gasteiger partial charge on any atom is 0.417 e. The van der Waals surface area contributed by atoms with Crippen molar-refractivity contribution in [2.45, 2.75) is 26.1 Å². The molecule has 3 aromatic rings. The number of hydrogen-bond acceptors (Lipinski definition) is 4.